The molecule has 2 N–H and O–H groups in total. The van der Waals surface area contributed by atoms with Crippen LogP contribution in [0.5, 0.6) is 11.6 Å². The largest absolute Gasteiger partial charge is 0.503 e. The molecule has 0 radical (unpaired) electrons. The Balaban J connectivity index is 1.93. The minimum Gasteiger partial charge on any atom is -0.503 e. The second-order valence-electron chi connectivity index (χ2n) is 6.83. The van der Waals surface area contributed by atoms with Gasteiger partial charge in [0.25, 0.3) is 5.88 Å². The van der Waals surface area contributed by atoms with Crippen LogP contribution in [0.2, 0.25) is 0 Å². The molecule has 0 unspecified atom stereocenters. The van der Waals surface area contributed by atoms with Gasteiger partial charge in [-0.25, -0.2) is 9.78 Å². The van der Waals surface area contributed by atoms with E-state index in [4.69, 9.17) is 9.47 Å². The van der Waals surface area contributed by atoms with Gasteiger partial charge >= 0.3 is 12.1 Å². The first kappa shape index (κ1) is 23.7. The summed E-state index contributed by atoms with van der Waals surface area (Å²) in [6, 6.07) is 2.85. The third-order valence-corrected chi connectivity index (χ3v) is 4.33. The minimum atomic E-state index is -0.874. The Morgan fingerprint density at radius 1 is 1.00 bits per heavy atom. The number of ether oxygens (including phenoxy) is 2. The number of unbranched alkanes of at least 4 members (excludes halogenated alkanes) is 10. The van der Waals surface area contributed by atoms with Crippen molar-refractivity contribution in [2.24, 2.45) is 0 Å². The number of amides is 1. The zero-order chi connectivity index (χ0) is 20.5. The predicted octanol–water partition coefficient (Wildman–Crippen LogP) is 4.73. The van der Waals surface area contributed by atoms with Gasteiger partial charge in [0.05, 0.1) is 6.61 Å². The molecule has 0 aliphatic rings. The van der Waals surface area contributed by atoms with Crippen LogP contribution in [0, 0.1) is 0 Å². The van der Waals surface area contributed by atoms with Gasteiger partial charge in [0.2, 0.25) is 0 Å². The maximum absolute atomic E-state index is 11.6. The lowest BCUT2D eigenvalue weighted by atomic mass is 10.1. The lowest BCUT2D eigenvalue weighted by molar-refractivity contribution is -0.142. The van der Waals surface area contributed by atoms with Gasteiger partial charge in [0.15, 0.2) is 5.75 Å². The first-order valence-corrected chi connectivity index (χ1v) is 10.4. The molecule has 7 heteroatoms. The summed E-state index contributed by atoms with van der Waals surface area (Å²) >= 11 is 0. The van der Waals surface area contributed by atoms with Crippen LogP contribution in [-0.4, -0.2) is 35.3 Å². The maximum Gasteiger partial charge on any atom is 0.414 e. The molecule has 0 aliphatic carbocycles. The zero-order valence-electron chi connectivity index (χ0n) is 17.0. The normalized spacial score (nSPS) is 10.5. The number of nitrogens with one attached hydrogen (secondary N) is 1. The molecule has 1 aromatic heterocycles. The number of hydrogen-bond donors (Lipinski definition) is 2. The SMILES string of the molecule is CCCCCCCCCCCCCOC(=O)CNC(=O)Oc1ncccc1O. The van der Waals surface area contributed by atoms with Crippen molar-refractivity contribution in [1.82, 2.24) is 10.3 Å². The average molecular weight is 395 g/mol. The number of nitrogens with zero attached hydrogens (tertiary/aromatic N) is 1. The number of pyridine rings is 1. The Bertz CT molecular complexity index is 565. The first-order chi connectivity index (χ1) is 13.6. The minimum absolute atomic E-state index is 0.214. The van der Waals surface area contributed by atoms with E-state index < -0.39 is 12.1 Å². The van der Waals surface area contributed by atoms with Crippen molar-refractivity contribution < 1.29 is 24.2 Å². The van der Waals surface area contributed by atoms with E-state index in [0.29, 0.717) is 6.61 Å². The molecule has 0 aliphatic heterocycles. The molecule has 0 spiro atoms. The van der Waals surface area contributed by atoms with Gasteiger partial charge in [-0.1, -0.05) is 71.1 Å². The predicted molar refractivity (Wildman–Crippen MR) is 107 cm³/mol. The first-order valence-electron chi connectivity index (χ1n) is 10.4. The highest BCUT2D eigenvalue weighted by molar-refractivity contribution is 5.78. The number of carbonyl (C=O) groups is 2. The molecule has 7 nitrogen and oxygen atoms in total. The molecule has 0 saturated carbocycles. The summed E-state index contributed by atoms with van der Waals surface area (Å²) in [5, 5.41) is 11.7. The summed E-state index contributed by atoms with van der Waals surface area (Å²) in [6.07, 6.45) is 14.1. The molecule has 0 saturated heterocycles. The molecule has 28 heavy (non-hydrogen) atoms. The second-order valence-corrected chi connectivity index (χ2v) is 6.83. The number of hydrogen-bond acceptors (Lipinski definition) is 6. The molecule has 0 aromatic carbocycles. The van der Waals surface area contributed by atoms with Crippen LogP contribution in [0.1, 0.15) is 77.6 Å². The van der Waals surface area contributed by atoms with Crippen molar-refractivity contribution in [3.8, 4) is 11.6 Å². The average Bonchev–Trinajstić information content (AvgIpc) is 2.69. The molecule has 0 atom stereocenters. The summed E-state index contributed by atoms with van der Waals surface area (Å²) in [5.41, 5.74) is 0. The second kappa shape index (κ2) is 15.7. The lowest BCUT2D eigenvalue weighted by Crippen LogP contribution is -2.33. The van der Waals surface area contributed by atoms with Crippen molar-refractivity contribution in [2.75, 3.05) is 13.2 Å². The van der Waals surface area contributed by atoms with Crippen molar-refractivity contribution in [3.05, 3.63) is 18.3 Å². The fraction of sp³-hybridized carbons (Fsp3) is 0.667. The standard InChI is InChI=1S/C21H34N2O5/c1-2-3-4-5-6-7-8-9-10-11-12-16-27-19(25)17-23-21(26)28-20-18(24)14-13-15-22-20/h13-15,24H,2-12,16-17H2,1H3,(H,23,26). The van der Waals surface area contributed by atoms with E-state index in [1.807, 2.05) is 0 Å². The molecule has 1 heterocycles. The molecule has 1 aromatic rings. The van der Waals surface area contributed by atoms with Crippen LogP contribution in [-0.2, 0) is 9.53 Å². The summed E-state index contributed by atoms with van der Waals surface area (Å²) < 4.78 is 9.87. The van der Waals surface area contributed by atoms with E-state index in [-0.39, 0.29) is 18.2 Å². The Kier molecular flexibility index (Phi) is 13.3. The molecular formula is C21H34N2O5. The Morgan fingerprint density at radius 3 is 2.21 bits per heavy atom. The number of esters is 1. The quantitative estimate of drug-likeness (QED) is 0.330. The van der Waals surface area contributed by atoms with Crippen LogP contribution in [0.4, 0.5) is 4.79 Å². The molecule has 158 valence electrons. The van der Waals surface area contributed by atoms with Gasteiger partial charge < -0.3 is 19.9 Å². The van der Waals surface area contributed by atoms with Crippen LogP contribution in [0.25, 0.3) is 0 Å². The van der Waals surface area contributed by atoms with E-state index in [0.717, 1.165) is 19.3 Å². The number of carbonyl (C=O) groups excluding carboxylic acids is 2. The number of aromatic hydroxyl groups is 1. The topological polar surface area (TPSA) is 97.8 Å². The Labute approximate surface area is 167 Å². The zero-order valence-corrected chi connectivity index (χ0v) is 17.0. The lowest BCUT2D eigenvalue weighted by Gasteiger charge is -2.07. The van der Waals surface area contributed by atoms with Crippen molar-refractivity contribution in [1.29, 1.82) is 0 Å². The van der Waals surface area contributed by atoms with E-state index >= 15 is 0 Å². The van der Waals surface area contributed by atoms with Crippen LogP contribution in [0.15, 0.2) is 18.3 Å². The van der Waals surface area contributed by atoms with Gasteiger partial charge in [-0.15, -0.1) is 0 Å². The highest BCUT2D eigenvalue weighted by Gasteiger charge is 2.11. The van der Waals surface area contributed by atoms with Gasteiger partial charge in [0, 0.05) is 6.20 Å². The summed E-state index contributed by atoms with van der Waals surface area (Å²) in [5.74, 6) is -0.986. The summed E-state index contributed by atoms with van der Waals surface area (Å²) in [4.78, 5) is 26.9. The van der Waals surface area contributed by atoms with Gasteiger partial charge in [0.1, 0.15) is 6.54 Å². The smallest absolute Gasteiger partial charge is 0.414 e. The highest BCUT2D eigenvalue weighted by atomic mass is 16.6. The Morgan fingerprint density at radius 2 is 1.61 bits per heavy atom. The fourth-order valence-corrected chi connectivity index (χ4v) is 2.73. The van der Waals surface area contributed by atoms with Crippen LogP contribution < -0.4 is 10.1 Å². The Hall–Kier alpha value is -2.31. The fourth-order valence-electron chi connectivity index (χ4n) is 2.73. The maximum atomic E-state index is 11.6. The molecule has 0 fully saturated rings. The van der Waals surface area contributed by atoms with Gasteiger partial charge in [-0.3, -0.25) is 4.79 Å². The summed E-state index contributed by atoms with van der Waals surface area (Å²) in [7, 11) is 0. The van der Waals surface area contributed by atoms with Crippen LogP contribution >= 0.6 is 0 Å². The number of rotatable bonds is 15. The third-order valence-electron chi connectivity index (χ3n) is 4.33. The summed E-state index contributed by atoms with van der Waals surface area (Å²) in [6.45, 7) is 2.30. The van der Waals surface area contributed by atoms with E-state index in [1.165, 1.54) is 69.7 Å². The van der Waals surface area contributed by atoms with E-state index in [1.54, 1.807) is 0 Å². The van der Waals surface area contributed by atoms with E-state index in [2.05, 4.69) is 17.2 Å². The van der Waals surface area contributed by atoms with Crippen molar-refractivity contribution in [3.63, 3.8) is 0 Å². The van der Waals surface area contributed by atoms with Gasteiger partial charge in [-0.05, 0) is 18.6 Å². The third kappa shape index (κ3) is 12.1. The van der Waals surface area contributed by atoms with Crippen molar-refractivity contribution in [2.45, 2.75) is 77.6 Å². The molecule has 0 bridgehead atoms. The number of aromatic nitrogens is 1. The van der Waals surface area contributed by atoms with Crippen LogP contribution in [0.3, 0.4) is 0 Å². The van der Waals surface area contributed by atoms with E-state index in [9.17, 15) is 14.7 Å². The molecule has 1 amide bonds. The molecular weight excluding hydrogens is 360 g/mol. The van der Waals surface area contributed by atoms with Gasteiger partial charge in [-0.2, -0.15) is 0 Å². The monoisotopic (exact) mass is 394 g/mol. The highest BCUT2D eigenvalue weighted by Crippen LogP contribution is 2.20. The van der Waals surface area contributed by atoms with Crippen molar-refractivity contribution >= 4 is 12.1 Å². The molecule has 1 rings (SSSR count).